The molecule has 1 aliphatic heterocycles. The van der Waals surface area contributed by atoms with Gasteiger partial charge in [0.25, 0.3) is 0 Å². The van der Waals surface area contributed by atoms with Gasteiger partial charge in [0.05, 0.1) is 19.8 Å². The SMILES string of the molecule is COc1ccc2c(c1)CC[C@@H]1[C@@H]2CC[C@@]2(C)[C@H]1C[C@@H]1COP(=O)(N(CCCl)CCCl)O[C@@H]12. The van der Waals surface area contributed by atoms with E-state index in [0.29, 0.717) is 55.1 Å². The fourth-order valence-corrected chi connectivity index (χ4v) is 10.0. The topological polar surface area (TPSA) is 48.0 Å². The molecule has 5 rings (SSSR count). The summed E-state index contributed by atoms with van der Waals surface area (Å²) in [7, 11) is -1.64. The molecule has 0 N–H and O–H groups in total. The van der Waals surface area contributed by atoms with Crippen molar-refractivity contribution in [2.75, 3.05) is 38.6 Å². The Morgan fingerprint density at radius 2 is 2.03 bits per heavy atom. The Balaban J connectivity index is 1.39. The first-order valence-electron chi connectivity index (χ1n) is 11.9. The monoisotopic (exact) mass is 501 g/mol. The second-order valence-corrected chi connectivity index (χ2v) is 12.9. The lowest BCUT2D eigenvalue weighted by Gasteiger charge is -2.51. The number of halogens is 2. The third-order valence-corrected chi connectivity index (χ3v) is 11.1. The van der Waals surface area contributed by atoms with Gasteiger partial charge in [0, 0.05) is 30.8 Å². The summed E-state index contributed by atoms with van der Waals surface area (Å²) >= 11 is 11.9. The number of rotatable bonds is 6. The smallest absolute Gasteiger partial charge is 0.408 e. The van der Waals surface area contributed by atoms with Crippen molar-refractivity contribution in [1.82, 2.24) is 4.67 Å². The highest BCUT2D eigenvalue weighted by Crippen LogP contribution is 2.69. The summed E-state index contributed by atoms with van der Waals surface area (Å²) in [6.07, 6.45) is 5.62. The summed E-state index contributed by atoms with van der Waals surface area (Å²) in [5.74, 6) is 3.80. The maximum absolute atomic E-state index is 13.7. The van der Waals surface area contributed by atoms with Crippen molar-refractivity contribution in [3.8, 4) is 5.75 Å². The molecule has 2 saturated carbocycles. The lowest BCUT2D eigenvalue weighted by molar-refractivity contribution is -0.0561. The number of benzene rings is 1. The molecule has 0 amide bonds. The molecule has 1 heterocycles. The molecule has 0 bridgehead atoms. The zero-order chi connectivity index (χ0) is 22.5. The van der Waals surface area contributed by atoms with Gasteiger partial charge in [-0.1, -0.05) is 13.0 Å². The molecule has 5 nitrogen and oxygen atoms in total. The molecule has 0 spiro atoms. The van der Waals surface area contributed by atoms with Gasteiger partial charge in [-0.25, -0.2) is 9.24 Å². The van der Waals surface area contributed by atoms with Gasteiger partial charge in [0.1, 0.15) is 5.75 Å². The number of methoxy groups -OCH3 is 1. The van der Waals surface area contributed by atoms with Crippen LogP contribution >= 0.6 is 30.9 Å². The minimum atomic E-state index is -3.38. The molecule has 8 heteroatoms. The molecule has 32 heavy (non-hydrogen) atoms. The van der Waals surface area contributed by atoms with Crippen LogP contribution < -0.4 is 4.74 Å². The Hall–Kier alpha value is -0.290. The number of hydrogen-bond donors (Lipinski definition) is 0. The number of aryl methyl sites for hydroxylation is 1. The highest BCUT2D eigenvalue weighted by atomic mass is 35.5. The van der Waals surface area contributed by atoms with Crippen LogP contribution in [-0.4, -0.2) is 49.3 Å². The van der Waals surface area contributed by atoms with Crippen molar-refractivity contribution >= 4 is 30.9 Å². The quantitative estimate of drug-likeness (QED) is 0.349. The molecular formula is C24H34Cl2NO4P. The lowest BCUT2D eigenvalue weighted by Crippen LogP contribution is -2.47. The standard InChI is InChI=1S/C24H34Cl2NO4P/c1-24-8-7-20-19-6-4-18(29-2)13-16(19)3-5-21(20)22(24)14-17-15-30-32(28,31-23(17)24)27(11-9-25)12-10-26/h4,6,13,17,20-23H,3,5,7-12,14-15H2,1-2H3/t17-,20-,21-,22+,23+,24+,32?/m1/s1. The van der Waals surface area contributed by atoms with Gasteiger partial charge in [-0.15, -0.1) is 23.2 Å². The summed E-state index contributed by atoms with van der Waals surface area (Å²) in [6, 6.07) is 6.63. The van der Waals surface area contributed by atoms with Crippen molar-refractivity contribution in [2.24, 2.45) is 23.2 Å². The van der Waals surface area contributed by atoms with Crippen LogP contribution in [-0.2, 0) is 20.0 Å². The number of nitrogens with zero attached hydrogens (tertiary/aromatic N) is 1. The van der Waals surface area contributed by atoms with Crippen molar-refractivity contribution in [3.63, 3.8) is 0 Å². The molecule has 1 unspecified atom stereocenters. The first-order valence-corrected chi connectivity index (χ1v) is 14.5. The Morgan fingerprint density at radius 1 is 1.25 bits per heavy atom. The largest absolute Gasteiger partial charge is 0.497 e. The number of ether oxygens (including phenoxy) is 1. The minimum absolute atomic E-state index is 0.0292. The molecule has 0 radical (unpaired) electrons. The second kappa shape index (κ2) is 9.06. The van der Waals surface area contributed by atoms with E-state index >= 15 is 0 Å². The van der Waals surface area contributed by atoms with E-state index in [2.05, 4.69) is 25.1 Å². The van der Waals surface area contributed by atoms with E-state index in [1.165, 1.54) is 17.5 Å². The van der Waals surface area contributed by atoms with E-state index in [4.69, 9.17) is 37.0 Å². The Labute approximate surface area is 201 Å². The van der Waals surface area contributed by atoms with Gasteiger partial charge < -0.3 is 4.74 Å². The molecule has 1 saturated heterocycles. The minimum Gasteiger partial charge on any atom is -0.497 e. The van der Waals surface area contributed by atoms with Crippen LogP contribution in [0, 0.1) is 23.2 Å². The van der Waals surface area contributed by atoms with Crippen molar-refractivity contribution in [3.05, 3.63) is 29.3 Å². The molecule has 7 atom stereocenters. The molecule has 1 aromatic rings. The normalized spacial score (nSPS) is 40.3. The fraction of sp³-hybridized carbons (Fsp3) is 0.750. The zero-order valence-corrected chi connectivity index (χ0v) is 21.4. The van der Waals surface area contributed by atoms with E-state index in [-0.39, 0.29) is 11.5 Å². The number of fused-ring (bicyclic) bond motifs is 7. The Morgan fingerprint density at radius 3 is 2.75 bits per heavy atom. The molecule has 3 aliphatic carbocycles. The van der Waals surface area contributed by atoms with Crippen LogP contribution in [0.25, 0.3) is 0 Å². The van der Waals surface area contributed by atoms with E-state index in [0.717, 1.165) is 31.4 Å². The molecule has 1 aromatic carbocycles. The average Bonchev–Trinajstić information content (AvgIpc) is 3.10. The highest BCUT2D eigenvalue weighted by Gasteiger charge is 2.62. The predicted molar refractivity (Wildman–Crippen MR) is 128 cm³/mol. The molecular weight excluding hydrogens is 468 g/mol. The summed E-state index contributed by atoms with van der Waals surface area (Å²) in [5.41, 5.74) is 2.99. The fourth-order valence-electron chi connectivity index (χ4n) is 7.24. The van der Waals surface area contributed by atoms with Gasteiger partial charge in [-0.3, -0.25) is 9.05 Å². The Kier molecular flexibility index (Phi) is 6.64. The summed E-state index contributed by atoms with van der Waals surface area (Å²) in [4.78, 5) is 0. The van der Waals surface area contributed by atoms with Gasteiger partial charge in [0.15, 0.2) is 0 Å². The first-order chi connectivity index (χ1) is 15.4. The number of hydrogen-bond acceptors (Lipinski definition) is 4. The lowest BCUT2D eigenvalue weighted by atomic mass is 9.55. The van der Waals surface area contributed by atoms with Gasteiger partial charge >= 0.3 is 7.75 Å². The van der Waals surface area contributed by atoms with Crippen molar-refractivity contribution < 1.29 is 18.3 Å². The van der Waals surface area contributed by atoms with Crippen LogP contribution in [0.2, 0.25) is 0 Å². The van der Waals surface area contributed by atoms with E-state index < -0.39 is 7.75 Å². The highest BCUT2D eigenvalue weighted by molar-refractivity contribution is 7.51. The summed E-state index contributed by atoms with van der Waals surface area (Å²) in [6.45, 7) is 3.79. The molecule has 0 aromatic heterocycles. The van der Waals surface area contributed by atoms with E-state index in [1.807, 2.05) is 0 Å². The van der Waals surface area contributed by atoms with Crippen LogP contribution in [0.1, 0.15) is 49.7 Å². The van der Waals surface area contributed by atoms with Crippen molar-refractivity contribution in [1.29, 1.82) is 0 Å². The maximum atomic E-state index is 13.7. The predicted octanol–water partition coefficient (Wildman–Crippen LogP) is 6.08. The summed E-state index contributed by atoms with van der Waals surface area (Å²) in [5, 5.41) is 0. The molecule has 178 valence electrons. The van der Waals surface area contributed by atoms with Crippen LogP contribution in [0.4, 0.5) is 0 Å². The van der Waals surface area contributed by atoms with E-state index in [9.17, 15) is 4.57 Å². The van der Waals surface area contributed by atoms with Crippen LogP contribution in [0.3, 0.4) is 0 Å². The van der Waals surface area contributed by atoms with Gasteiger partial charge in [0.2, 0.25) is 0 Å². The average molecular weight is 502 g/mol. The molecule has 3 fully saturated rings. The van der Waals surface area contributed by atoms with Gasteiger partial charge in [-0.2, -0.15) is 0 Å². The van der Waals surface area contributed by atoms with E-state index in [1.54, 1.807) is 11.8 Å². The maximum Gasteiger partial charge on any atom is 0.408 e. The summed E-state index contributed by atoms with van der Waals surface area (Å²) < 4.78 is 33.3. The third-order valence-electron chi connectivity index (χ3n) is 8.74. The third kappa shape index (κ3) is 3.76. The van der Waals surface area contributed by atoms with Crippen LogP contribution in [0.15, 0.2) is 18.2 Å². The number of alkyl halides is 2. The first kappa shape index (κ1) is 23.5. The van der Waals surface area contributed by atoms with Crippen molar-refractivity contribution in [2.45, 2.75) is 51.0 Å². The van der Waals surface area contributed by atoms with Crippen LogP contribution in [0.5, 0.6) is 5.75 Å². The zero-order valence-electron chi connectivity index (χ0n) is 19.0. The Bertz CT molecular complexity index is 895. The second-order valence-electron chi connectivity index (χ2n) is 10.1. The van der Waals surface area contributed by atoms with Gasteiger partial charge in [-0.05, 0) is 78.5 Å². The molecule has 4 aliphatic rings.